The van der Waals surface area contributed by atoms with Crippen LogP contribution < -0.4 is 5.73 Å². The van der Waals surface area contributed by atoms with E-state index in [1.54, 1.807) is 18.0 Å². The number of thiocarbonyl (C=S) groups is 1. The molecule has 3 N–H and O–H groups in total. The van der Waals surface area contributed by atoms with E-state index in [9.17, 15) is 10.1 Å². The quantitative estimate of drug-likeness (QED) is 0.455. The summed E-state index contributed by atoms with van der Waals surface area (Å²) in [5.41, 5.74) is 5.63. The van der Waals surface area contributed by atoms with Crippen LogP contribution in [0.3, 0.4) is 0 Å². The van der Waals surface area contributed by atoms with Crippen LogP contribution in [-0.2, 0) is 0 Å². The van der Waals surface area contributed by atoms with Crippen molar-refractivity contribution in [3.8, 4) is 0 Å². The van der Waals surface area contributed by atoms with Crippen molar-refractivity contribution in [2.24, 2.45) is 5.73 Å². The lowest BCUT2D eigenvalue weighted by molar-refractivity contribution is -0.380. The number of aliphatic hydroxyl groups excluding tert-OH is 1. The monoisotopic (exact) mass is 275 g/mol. The molecule has 1 aromatic rings. The molecule has 0 aromatic carbocycles. The van der Waals surface area contributed by atoms with Gasteiger partial charge in [-0.3, -0.25) is 15.0 Å². The Morgan fingerprint density at radius 2 is 2.41 bits per heavy atom. The van der Waals surface area contributed by atoms with Gasteiger partial charge in [-0.05, 0) is 13.1 Å². The van der Waals surface area contributed by atoms with E-state index in [1.807, 2.05) is 0 Å². The molecule has 0 fully saturated rings. The van der Waals surface area contributed by atoms with Crippen molar-refractivity contribution in [2.45, 2.75) is 6.04 Å². The molecule has 1 heterocycles. The molecule has 0 saturated heterocycles. The largest absolute Gasteiger partial charge is 0.395 e. The minimum atomic E-state index is -0.448. The van der Waals surface area contributed by atoms with E-state index in [1.165, 1.54) is 6.07 Å². The predicted molar refractivity (Wildman–Crippen MR) is 70.2 cm³/mol. The van der Waals surface area contributed by atoms with Gasteiger partial charge < -0.3 is 10.8 Å². The highest BCUT2D eigenvalue weighted by molar-refractivity contribution is 7.80. The van der Waals surface area contributed by atoms with Gasteiger partial charge in [0.1, 0.15) is 0 Å². The van der Waals surface area contributed by atoms with E-state index in [4.69, 9.17) is 23.1 Å². The van der Waals surface area contributed by atoms with Gasteiger partial charge in [0, 0.05) is 17.5 Å². The molecule has 0 aliphatic carbocycles. The first-order chi connectivity index (χ1) is 7.97. The van der Waals surface area contributed by atoms with Crippen molar-refractivity contribution in [1.82, 2.24) is 4.90 Å². The number of rotatable bonds is 6. The second kappa shape index (κ2) is 6.01. The van der Waals surface area contributed by atoms with Crippen molar-refractivity contribution in [3.05, 3.63) is 27.1 Å². The molecule has 94 valence electrons. The Labute approximate surface area is 108 Å². The first-order valence-electron chi connectivity index (χ1n) is 4.82. The van der Waals surface area contributed by atoms with E-state index in [0.717, 1.165) is 11.3 Å². The van der Waals surface area contributed by atoms with Gasteiger partial charge in [-0.2, -0.15) is 0 Å². The standard InChI is InChI=1S/C9H13N3O3S2/c1-11(4-5-13)8(9(10)16)6-2-3-7(17-6)12(14)15/h2-3,8,13H,4-5H2,1H3,(H2,10,16). The van der Waals surface area contributed by atoms with Crippen LogP contribution in [0.1, 0.15) is 10.9 Å². The van der Waals surface area contributed by atoms with Gasteiger partial charge in [0.05, 0.1) is 22.6 Å². The number of nitro groups is 1. The molecule has 0 aliphatic heterocycles. The van der Waals surface area contributed by atoms with Gasteiger partial charge >= 0.3 is 5.00 Å². The van der Waals surface area contributed by atoms with E-state index in [2.05, 4.69) is 0 Å². The van der Waals surface area contributed by atoms with Crippen LogP contribution in [0.4, 0.5) is 5.00 Å². The van der Waals surface area contributed by atoms with E-state index in [-0.39, 0.29) is 22.6 Å². The lowest BCUT2D eigenvalue weighted by Gasteiger charge is -2.25. The number of thiophene rings is 1. The molecular formula is C9H13N3O3S2. The smallest absolute Gasteiger partial charge is 0.324 e. The molecule has 6 nitrogen and oxygen atoms in total. The highest BCUT2D eigenvalue weighted by Gasteiger charge is 2.23. The molecular weight excluding hydrogens is 262 g/mol. The molecule has 8 heteroatoms. The van der Waals surface area contributed by atoms with E-state index >= 15 is 0 Å². The van der Waals surface area contributed by atoms with Crippen molar-refractivity contribution < 1.29 is 10.0 Å². The Morgan fingerprint density at radius 3 is 2.82 bits per heavy atom. The lowest BCUT2D eigenvalue weighted by Crippen LogP contribution is -2.35. The summed E-state index contributed by atoms with van der Waals surface area (Å²) in [7, 11) is 1.76. The van der Waals surface area contributed by atoms with E-state index < -0.39 is 4.92 Å². The maximum absolute atomic E-state index is 10.6. The minimum Gasteiger partial charge on any atom is -0.395 e. The number of likely N-dealkylation sites (N-methyl/N-ethyl adjacent to an activating group) is 1. The fraction of sp³-hybridized carbons (Fsp3) is 0.444. The summed E-state index contributed by atoms with van der Waals surface area (Å²) in [6, 6.07) is 2.69. The summed E-state index contributed by atoms with van der Waals surface area (Å²) >= 11 is 6.00. The molecule has 0 spiro atoms. The third-order valence-corrected chi connectivity index (χ3v) is 3.54. The van der Waals surface area contributed by atoms with Crippen LogP contribution in [0.15, 0.2) is 12.1 Å². The average molecular weight is 275 g/mol. The topological polar surface area (TPSA) is 92.6 Å². The van der Waals surface area contributed by atoms with Gasteiger partial charge in [0.15, 0.2) is 0 Å². The molecule has 1 atom stereocenters. The fourth-order valence-electron chi connectivity index (χ4n) is 1.45. The van der Waals surface area contributed by atoms with Gasteiger partial charge in [-0.25, -0.2) is 0 Å². The third-order valence-electron chi connectivity index (χ3n) is 2.23. The molecule has 0 radical (unpaired) electrons. The second-order valence-electron chi connectivity index (χ2n) is 3.44. The highest BCUT2D eigenvalue weighted by atomic mass is 32.1. The maximum atomic E-state index is 10.6. The number of hydrogen-bond acceptors (Lipinski definition) is 6. The van der Waals surface area contributed by atoms with E-state index in [0.29, 0.717) is 11.4 Å². The van der Waals surface area contributed by atoms with Gasteiger partial charge in [-0.1, -0.05) is 23.6 Å². The zero-order chi connectivity index (χ0) is 13.0. The van der Waals surface area contributed by atoms with Crippen molar-refractivity contribution in [3.63, 3.8) is 0 Å². The number of nitrogens with two attached hydrogens (primary N) is 1. The van der Waals surface area contributed by atoms with Crippen LogP contribution in [0.2, 0.25) is 0 Å². The number of aliphatic hydroxyl groups is 1. The zero-order valence-corrected chi connectivity index (χ0v) is 10.8. The third kappa shape index (κ3) is 3.43. The van der Waals surface area contributed by atoms with Gasteiger partial charge in [0.2, 0.25) is 0 Å². The Hall–Kier alpha value is -1.09. The molecule has 17 heavy (non-hydrogen) atoms. The summed E-state index contributed by atoms with van der Waals surface area (Å²) in [5.74, 6) is 0. The lowest BCUT2D eigenvalue weighted by atomic mass is 10.2. The molecule has 1 rings (SSSR count). The Morgan fingerprint density at radius 1 is 1.76 bits per heavy atom. The molecule has 0 saturated carbocycles. The van der Waals surface area contributed by atoms with Gasteiger partial charge in [-0.15, -0.1) is 0 Å². The Bertz CT molecular complexity index is 421. The summed E-state index contributed by atoms with van der Waals surface area (Å²) < 4.78 is 0. The van der Waals surface area contributed by atoms with Crippen molar-refractivity contribution in [2.75, 3.05) is 20.2 Å². The predicted octanol–water partition coefficient (Wildman–Crippen LogP) is 0.908. The van der Waals surface area contributed by atoms with Crippen molar-refractivity contribution >= 4 is 33.5 Å². The molecule has 0 bridgehead atoms. The fourth-order valence-corrected chi connectivity index (χ4v) is 2.84. The van der Waals surface area contributed by atoms with Crippen LogP contribution in [0.25, 0.3) is 0 Å². The number of nitrogens with zero attached hydrogens (tertiary/aromatic N) is 2. The minimum absolute atomic E-state index is 0.0247. The van der Waals surface area contributed by atoms with Gasteiger partial charge in [0.25, 0.3) is 0 Å². The summed E-state index contributed by atoms with van der Waals surface area (Å²) in [6.45, 7) is 0.372. The summed E-state index contributed by atoms with van der Waals surface area (Å²) in [6.07, 6.45) is 0. The molecule has 0 aliphatic rings. The molecule has 1 aromatic heterocycles. The first-order valence-corrected chi connectivity index (χ1v) is 6.04. The molecule has 0 amide bonds. The second-order valence-corrected chi connectivity index (χ2v) is 5.01. The SMILES string of the molecule is CN(CCO)C(C(N)=S)c1ccc([N+](=O)[O-])s1. The normalized spacial score (nSPS) is 12.6. The van der Waals surface area contributed by atoms with Crippen LogP contribution in [0, 0.1) is 10.1 Å². The molecule has 1 unspecified atom stereocenters. The Balaban J connectivity index is 2.97. The zero-order valence-electron chi connectivity index (χ0n) is 9.20. The van der Waals surface area contributed by atoms with Crippen molar-refractivity contribution in [1.29, 1.82) is 0 Å². The first kappa shape index (κ1) is 14.0. The highest BCUT2D eigenvalue weighted by Crippen LogP contribution is 2.31. The summed E-state index contributed by atoms with van der Waals surface area (Å²) in [5, 5.41) is 19.5. The Kier molecular flexibility index (Phi) is 4.94. The van der Waals surface area contributed by atoms with Crippen LogP contribution in [0.5, 0.6) is 0 Å². The summed E-state index contributed by atoms with van der Waals surface area (Å²) in [4.78, 5) is 12.9. The number of hydrogen-bond donors (Lipinski definition) is 2. The van der Waals surface area contributed by atoms with Crippen LogP contribution in [-0.4, -0.2) is 40.1 Å². The van der Waals surface area contributed by atoms with Crippen LogP contribution >= 0.6 is 23.6 Å². The maximum Gasteiger partial charge on any atom is 0.324 e. The average Bonchev–Trinajstić information content (AvgIpc) is 2.66.